The Bertz CT molecular complexity index is 723. The summed E-state index contributed by atoms with van der Waals surface area (Å²) in [7, 11) is -3.50. The number of carbonyl (C=O) groups is 1. The van der Waals surface area contributed by atoms with Crippen molar-refractivity contribution in [2.24, 2.45) is 17.8 Å². The predicted molar refractivity (Wildman–Crippen MR) is 89.4 cm³/mol. The van der Waals surface area contributed by atoms with Crippen LogP contribution in [0.4, 0.5) is 5.69 Å². The van der Waals surface area contributed by atoms with Crippen molar-refractivity contribution in [3.05, 3.63) is 36.4 Å². The number of anilines is 1. The second-order valence-corrected chi connectivity index (χ2v) is 8.39. The fraction of sp³-hybridized carbons (Fsp3) is 0.471. The molecule has 2 aliphatic carbocycles. The zero-order chi connectivity index (χ0) is 16.6. The number of nitrogens with one attached hydrogen (secondary N) is 2. The summed E-state index contributed by atoms with van der Waals surface area (Å²) < 4.78 is 26.7. The topological polar surface area (TPSA) is 75.3 Å². The molecule has 3 rings (SSSR count). The Morgan fingerprint density at radius 2 is 1.83 bits per heavy atom. The molecular weight excluding hydrogens is 312 g/mol. The third kappa shape index (κ3) is 3.48. The minimum Gasteiger partial charge on any atom is -0.326 e. The van der Waals surface area contributed by atoms with Crippen molar-refractivity contribution < 1.29 is 13.2 Å². The Hall–Kier alpha value is -1.66. The van der Waals surface area contributed by atoms with Gasteiger partial charge in [0.2, 0.25) is 15.9 Å². The van der Waals surface area contributed by atoms with E-state index in [4.69, 9.17) is 0 Å². The molecule has 1 fully saturated rings. The van der Waals surface area contributed by atoms with Crippen LogP contribution in [-0.2, 0) is 14.8 Å². The lowest BCUT2D eigenvalue weighted by Crippen LogP contribution is -2.30. The van der Waals surface area contributed by atoms with Gasteiger partial charge >= 0.3 is 0 Å². The smallest absolute Gasteiger partial charge is 0.240 e. The van der Waals surface area contributed by atoms with Crippen LogP contribution >= 0.6 is 0 Å². The van der Waals surface area contributed by atoms with Crippen LogP contribution in [0.2, 0.25) is 0 Å². The summed E-state index contributed by atoms with van der Waals surface area (Å²) in [6.07, 6.45) is 6.34. The van der Waals surface area contributed by atoms with Crippen molar-refractivity contribution in [2.75, 3.05) is 5.32 Å². The molecule has 0 radical (unpaired) electrons. The number of carbonyl (C=O) groups excluding carboxylic acids is 1. The first-order valence-electron chi connectivity index (χ1n) is 7.97. The zero-order valence-corrected chi connectivity index (χ0v) is 14.1. The molecule has 3 atom stereocenters. The molecule has 1 aromatic carbocycles. The summed E-state index contributed by atoms with van der Waals surface area (Å²) in [6.45, 7) is 3.55. The molecule has 0 unspecified atom stereocenters. The minimum absolute atomic E-state index is 0.0257. The van der Waals surface area contributed by atoms with Crippen LogP contribution < -0.4 is 10.0 Å². The molecule has 0 aromatic heterocycles. The minimum atomic E-state index is -3.50. The van der Waals surface area contributed by atoms with E-state index in [1.54, 1.807) is 26.0 Å². The first-order valence-corrected chi connectivity index (χ1v) is 9.45. The van der Waals surface area contributed by atoms with Crippen LogP contribution in [0.15, 0.2) is 41.3 Å². The van der Waals surface area contributed by atoms with Crippen molar-refractivity contribution in [1.82, 2.24) is 4.72 Å². The molecule has 2 N–H and O–H groups in total. The molecule has 1 aromatic rings. The highest BCUT2D eigenvalue weighted by Gasteiger charge is 2.39. The molecule has 0 aliphatic heterocycles. The molecule has 6 heteroatoms. The maximum absolute atomic E-state index is 12.4. The fourth-order valence-electron chi connectivity index (χ4n) is 3.41. The number of hydrogen-bond donors (Lipinski definition) is 2. The molecule has 0 heterocycles. The number of allylic oxidation sites excluding steroid dienone is 2. The Morgan fingerprint density at radius 3 is 2.35 bits per heavy atom. The van der Waals surface area contributed by atoms with Crippen LogP contribution in [0, 0.1) is 17.8 Å². The number of amides is 1. The monoisotopic (exact) mass is 334 g/mol. The Balaban J connectivity index is 1.66. The Morgan fingerprint density at radius 1 is 1.13 bits per heavy atom. The van der Waals surface area contributed by atoms with Gasteiger partial charge in [-0.3, -0.25) is 4.79 Å². The highest BCUT2D eigenvalue weighted by molar-refractivity contribution is 7.89. The lowest BCUT2D eigenvalue weighted by Gasteiger charge is -2.17. The van der Waals surface area contributed by atoms with Gasteiger partial charge in [0.1, 0.15) is 0 Å². The zero-order valence-electron chi connectivity index (χ0n) is 13.3. The van der Waals surface area contributed by atoms with Crippen molar-refractivity contribution in [1.29, 1.82) is 0 Å². The average Bonchev–Trinajstić information content (AvgIpc) is 3.09. The van der Waals surface area contributed by atoms with E-state index in [0.29, 0.717) is 17.5 Å². The fourth-order valence-corrected chi connectivity index (χ4v) is 4.66. The molecule has 2 aliphatic rings. The lowest BCUT2D eigenvalue weighted by atomic mass is 9.93. The largest absolute Gasteiger partial charge is 0.326 e. The van der Waals surface area contributed by atoms with E-state index in [-0.39, 0.29) is 22.8 Å². The Labute approximate surface area is 137 Å². The molecule has 124 valence electrons. The molecular formula is C17H22N2O3S. The van der Waals surface area contributed by atoms with Gasteiger partial charge < -0.3 is 5.32 Å². The molecule has 1 saturated carbocycles. The maximum Gasteiger partial charge on any atom is 0.240 e. The number of hydrogen-bond acceptors (Lipinski definition) is 3. The molecule has 0 saturated heterocycles. The highest BCUT2D eigenvalue weighted by atomic mass is 32.2. The normalized spacial score (nSPS) is 26.0. The molecule has 2 bridgehead atoms. The van der Waals surface area contributed by atoms with Gasteiger partial charge in [-0.2, -0.15) is 0 Å². The van der Waals surface area contributed by atoms with E-state index >= 15 is 0 Å². The van der Waals surface area contributed by atoms with Gasteiger partial charge in [0.25, 0.3) is 0 Å². The third-order valence-electron chi connectivity index (χ3n) is 4.44. The van der Waals surface area contributed by atoms with E-state index in [0.717, 1.165) is 12.8 Å². The first-order chi connectivity index (χ1) is 10.8. The van der Waals surface area contributed by atoms with E-state index in [2.05, 4.69) is 22.2 Å². The van der Waals surface area contributed by atoms with Crippen LogP contribution in [0.5, 0.6) is 0 Å². The number of sulfonamides is 1. The quantitative estimate of drug-likeness (QED) is 0.813. The number of fused-ring (bicyclic) bond motifs is 2. The van der Waals surface area contributed by atoms with E-state index in [1.165, 1.54) is 12.1 Å². The number of benzene rings is 1. The molecule has 1 amide bonds. The van der Waals surface area contributed by atoms with Crippen LogP contribution in [0.1, 0.15) is 26.7 Å². The second-order valence-electron chi connectivity index (χ2n) is 6.68. The molecule has 5 nitrogen and oxygen atoms in total. The predicted octanol–water partition coefficient (Wildman–Crippen LogP) is 2.52. The van der Waals surface area contributed by atoms with Gasteiger partial charge in [-0.15, -0.1) is 0 Å². The summed E-state index contributed by atoms with van der Waals surface area (Å²) in [6, 6.07) is 6.14. The van der Waals surface area contributed by atoms with E-state index in [9.17, 15) is 13.2 Å². The third-order valence-corrected chi connectivity index (χ3v) is 6.11. The van der Waals surface area contributed by atoms with Crippen molar-refractivity contribution in [3.63, 3.8) is 0 Å². The van der Waals surface area contributed by atoms with Gasteiger partial charge in [-0.25, -0.2) is 13.1 Å². The van der Waals surface area contributed by atoms with Crippen LogP contribution in [-0.4, -0.2) is 20.4 Å². The Kier molecular flexibility index (Phi) is 4.29. The summed E-state index contributed by atoms with van der Waals surface area (Å²) in [5.41, 5.74) is 0.630. The van der Waals surface area contributed by atoms with Crippen molar-refractivity contribution in [2.45, 2.75) is 37.6 Å². The van der Waals surface area contributed by atoms with E-state index < -0.39 is 10.0 Å². The van der Waals surface area contributed by atoms with Gasteiger partial charge in [-0.1, -0.05) is 12.2 Å². The SMILES string of the molecule is CC(C)NS(=O)(=O)c1ccc(NC(=O)[C@H]2C[C@H]3C=C[C@H]2C3)cc1. The summed E-state index contributed by atoms with van der Waals surface area (Å²) >= 11 is 0. The van der Waals surface area contributed by atoms with Crippen molar-refractivity contribution >= 4 is 21.6 Å². The van der Waals surface area contributed by atoms with E-state index in [1.807, 2.05) is 0 Å². The average molecular weight is 334 g/mol. The van der Waals surface area contributed by atoms with Crippen LogP contribution in [0.25, 0.3) is 0 Å². The standard InChI is InChI=1S/C17H22N2O3S/c1-11(2)19-23(21,22)15-7-5-14(6-8-15)18-17(20)16-10-12-3-4-13(16)9-12/h3-8,11-13,16,19H,9-10H2,1-2H3,(H,18,20)/t12-,13-,16-/m0/s1. The molecule has 0 spiro atoms. The van der Waals surface area contributed by atoms with Gasteiger partial charge in [0.15, 0.2) is 0 Å². The summed E-state index contributed by atoms with van der Waals surface area (Å²) in [4.78, 5) is 12.6. The first kappa shape index (κ1) is 16.2. The summed E-state index contributed by atoms with van der Waals surface area (Å²) in [5, 5.41) is 2.90. The van der Waals surface area contributed by atoms with Crippen molar-refractivity contribution in [3.8, 4) is 0 Å². The second kappa shape index (κ2) is 6.09. The summed E-state index contributed by atoms with van der Waals surface area (Å²) in [5.74, 6) is 0.967. The van der Waals surface area contributed by atoms with Gasteiger partial charge in [0, 0.05) is 17.6 Å². The van der Waals surface area contributed by atoms with Gasteiger partial charge in [0.05, 0.1) is 4.90 Å². The lowest BCUT2D eigenvalue weighted by molar-refractivity contribution is -0.120. The number of rotatable bonds is 5. The highest BCUT2D eigenvalue weighted by Crippen LogP contribution is 2.43. The van der Waals surface area contributed by atoms with Gasteiger partial charge in [-0.05, 0) is 62.8 Å². The molecule has 23 heavy (non-hydrogen) atoms. The van der Waals surface area contributed by atoms with Crippen LogP contribution in [0.3, 0.4) is 0 Å². The maximum atomic E-state index is 12.4.